The summed E-state index contributed by atoms with van der Waals surface area (Å²) in [5, 5.41) is 3.49. The molecule has 3 rings (SSSR count). The SMILES string of the molecule is CC(CNC1CN2CCC1CC2)C(N)=O. The number of primary amides is 1. The predicted molar refractivity (Wildman–Crippen MR) is 59.3 cm³/mol. The van der Waals surface area contributed by atoms with Crippen LogP contribution in [-0.4, -0.2) is 43.0 Å². The molecule has 15 heavy (non-hydrogen) atoms. The fourth-order valence-electron chi connectivity index (χ4n) is 2.63. The van der Waals surface area contributed by atoms with Crippen molar-refractivity contribution in [2.24, 2.45) is 17.6 Å². The van der Waals surface area contributed by atoms with Gasteiger partial charge in [-0.3, -0.25) is 4.79 Å². The van der Waals surface area contributed by atoms with Gasteiger partial charge in [0.2, 0.25) is 5.91 Å². The lowest BCUT2D eigenvalue weighted by Gasteiger charge is -2.45. The number of nitrogens with two attached hydrogens (primary N) is 1. The summed E-state index contributed by atoms with van der Waals surface area (Å²) in [6, 6.07) is 0.578. The van der Waals surface area contributed by atoms with Crippen molar-refractivity contribution >= 4 is 5.91 Å². The van der Waals surface area contributed by atoms with Crippen molar-refractivity contribution in [3.8, 4) is 0 Å². The van der Waals surface area contributed by atoms with Gasteiger partial charge in [0.15, 0.2) is 0 Å². The molecule has 4 heteroatoms. The van der Waals surface area contributed by atoms with Crippen molar-refractivity contribution in [1.29, 1.82) is 0 Å². The van der Waals surface area contributed by atoms with Gasteiger partial charge in [0.25, 0.3) is 0 Å². The molecule has 3 aliphatic heterocycles. The van der Waals surface area contributed by atoms with Crippen molar-refractivity contribution in [2.75, 3.05) is 26.2 Å². The second-order valence-corrected chi connectivity index (χ2v) is 4.96. The Balaban J connectivity index is 1.78. The van der Waals surface area contributed by atoms with Crippen LogP contribution in [0.15, 0.2) is 0 Å². The Hall–Kier alpha value is -0.610. The van der Waals surface area contributed by atoms with E-state index in [9.17, 15) is 4.79 Å². The molecule has 0 aliphatic carbocycles. The minimum absolute atomic E-state index is 0.0551. The molecule has 4 nitrogen and oxygen atoms in total. The van der Waals surface area contributed by atoms with Crippen LogP contribution >= 0.6 is 0 Å². The second-order valence-electron chi connectivity index (χ2n) is 4.96. The summed E-state index contributed by atoms with van der Waals surface area (Å²) in [6.45, 7) is 6.28. The minimum atomic E-state index is -0.205. The zero-order valence-electron chi connectivity index (χ0n) is 9.41. The highest BCUT2D eigenvalue weighted by Gasteiger charge is 2.33. The predicted octanol–water partition coefficient (Wildman–Crippen LogP) is -0.208. The van der Waals surface area contributed by atoms with Crippen LogP contribution in [0.5, 0.6) is 0 Å². The average molecular weight is 211 g/mol. The number of piperidine rings is 3. The molecule has 3 N–H and O–H groups in total. The van der Waals surface area contributed by atoms with Crippen LogP contribution in [-0.2, 0) is 4.79 Å². The maximum Gasteiger partial charge on any atom is 0.221 e. The number of carbonyl (C=O) groups excluding carboxylic acids is 1. The summed E-state index contributed by atoms with van der Waals surface area (Å²) in [6.07, 6.45) is 2.62. The van der Waals surface area contributed by atoms with Gasteiger partial charge in [0.05, 0.1) is 0 Å². The van der Waals surface area contributed by atoms with Crippen LogP contribution in [0.2, 0.25) is 0 Å². The van der Waals surface area contributed by atoms with E-state index in [-0.39, 0.29) is 11.8 Å². The smallest absolute Gasteiger partial charge is 0.221 e. The summed E-state index contributed by atoms with van der Waals surface area (Å²) >= 11 is 0. The maximum atomic E-state index is 10.9. The Labute approximate surface area is 91.2 Å². The standard InChI is InChI=1S/C11H21N3O/c1-8(11(12)15)6-13-10-7-14-4-2-9(10)3-5-14/h8-10,13H,2-7H2,1H3,(H2,12,15). The van der Waals surface area contributed by atoms with Gasteiger partial charge in [0, 0.05) is 25.0 Å². The highest BCUT2D eigenvalue weighted by Crippen LogP contribution is 2.27. The largest absolute Gasteiger partial charge is 0.369 e. The van der Waals surface area contributed by atoms with E-state index in [0.717, 1.165) is 19.0 Å². The molecule has 0 saturated carbocycles. The molecule has 0 spiro atoms. The Bertz CT molecular complexity index is 236. The van der Waals surface area contributed by atoms with Crippen LogP contribution in [0.4, 0.5) is 0 Å². The maximum absolute atomic E-state index is 10.9. The summed E-state index contributed by atoms with van der Waals surface area (Å²) in [4.78, 5) is 13.4. The number of nitrogens with one attached hydrogen (secondary N) is 1. The van der Waals surface area contributed by atoms with E-state index >= 15 is 0 Å². The Morgan fingerprint density at radius 1 is 1.53 bits per heavy atom. The summed E-state index contributed by atoms with van der Waals surface area (Å²) < 4.78 is 0. The average Bonchev–Trinajstić information content (AvgIpc) is 2.27. The van der Waals surface area contributed by atoms with Crippen molar-refractivity contribution in [2.45, 2.75) is 25.8 Å². The third kappa shape index (κ3) is 2.49. The molecule has 0 radical (unpaired) electrons. The van der Waals surface area contributed by atoms with Crippen molar-refractivity contribution < 1.29 is 4.79 Å². The topological polar surface area (TPSA) is 58.4 Å². The number of nitrogens with zero attached hydrogens (tertiary/aromatic N) is 1. The fraction of sp³-hybridized carbons (Fsp3) is 0.909. The van der Waals surface area contributed by atoms with Crippen LogP contribution < -0.4 is 11.1 Å². The molecule has 86 valence electrons. The summed E-state index contributed by atoms with van der Waals surface area (Å²) in [7, 11) is 0. The molecule has 1 amide bonds. The zero-order valence-corrected chi connectivity index (χ0v) is 9.41. The number of hydrogen-bond acceptors (Lipinski definition) is 3. The Morgan fingerprint density at radius 2 is 2.20 bits per heavy atom. The molecule has 2 bridgehead atoms. The van der Waals surface area contributed by atoms with E-state index in [1.165, 1.54) is 25.9 Å². The Kier molecular flexibility index (Phi) is 3.26. The number of amides is 1. The van der Waals surface area contributed by atoms with Crippen LogP contribution in [0.1, 0.15) is 19.8 Å². The first-order chi connectivity index (χ1) is 7.16. The van der Waals surface area contributed by atoms with Gasteiger partial charge in [-0.05, 0) is 31.8 Å². The van der Waals surface area contributed by atoms with Gasteiger partial charge >= 0.3 is 0 Å². The van der Waals surface area contributed by atoms with E-state index in [4.69, 9.17) is 5.73 Å². The molecular formula is C11H21N3O. The lowest BCUT2D eigenvalue weighted by molar-refractivity contribution is -0.121. The molecule has 0 aromatic heterocycles. The second kappa shape index (κ2) is 4.49. The van der Waals surface area contributed by atoms with Gasteiger partial charge in [-0.25, -0.2) is 0 Å². The van der Waals surface area contributed by atoms with Crippen LogP contribution in [0, 0.1) is 11.8 Å². The van der Waals surface area contributed by atoms with E-state index in [1.807, 2.05) is 6.92 Å². The van der Waals surface area contributed by atoms with Gasteiger partial charge in [-0.15, -0.1) is 0 Å². The highest BCUT2D eigenvalue weighted by atomic mass is 16.1. The zero-order chi connectivity index (χ0) is 10.8. The van der Waals surface area contributed by atoms with Gasteiger partial charge < -0.3 is 16.0 Å². The number of carbonyl (C=O) groups is 1. The molecule has 0 aromatic carbocycles. The molecule has 2 atom stereocenters. The first-order valence-corrected chi connectivity index (χ1v) is 5.92. The molecular weight excluding hydrogens is 190 g/mol. The molecule has 3 fully saturated rings. The van der Waals surface area contributed by atoms with Crippen molar-refractivity contribution in [3.63, 3.8) is 0 Å². The van der Waals surface area contributed by atoms with Gasteiger partial charge in [-0.1, -0.05) is 6.92 Å². The molecule has 0 aromatic rings. The third-order valence-electron chi connectivity index (χ3n) is 3.83. The summed E-state index contributed by atoms with van der Waals surface area (Å²) in [5.74, 6) is 0.555. The van der Waals surface area contributed by atoms with E-state index in [2.05, 4.69) is 10.2 Å². The fourth-order valence-corrected chi connectivity index (χ4v) is 2.63. The monoisotopic (exact) mass is 211 g/mol. The number of hydrogen-bond donors (Lipinski definition) is 2. The van der Waals surface area contributed by atoms with Crippen molar-refractivity contribution in [1.82, 2.24) is 10.2 Å². The van der Waals surface area contributed by atoms with Crippen LogP contribution in [0.3, 0.4) is 0 Å². The Morgan fingerprint density at radius 3 is 2.67 bits per heavy atom. The van der Waals surface area contributed by atoms with Crippen LogP contribution in [0.25, 0.3) is 0 Å². The molecule has 3 heterocycles. The normalized spacial score (nSPS) is 36.5. The van der Waals surface area contributed by atoms with E-state index < -0.39 is 0 Å². The lowest BCUT2D eigenvalue weighted by atomic mass is 9.84. The minimum Gasteiger partial charge on any atom is -0.369 e. The van der Waals surface area contributed by atoms with E-state index in [1.54, 1.807) is 0 Å². The number of rotatable bonds is 4. The van der Waals surface area contributed by atoms with Gasteiger partial charge in [-0.2, -0.15) is 0 Å². The summed E-state index contributed by atoms with van der Waals surface area (Å²) in [5.41, 5.74) is 5.24. The highest BCUT2D eigenvalue weighted by molar-refractivity contribution is 5.76. The third-order valence-corrected chi connectivity index (χ3v) is 3.83. The molecule has 3 aliphatic rings. The molecule has 2 unspecified atom stereocenters. The van der Waals surface area contributed by atoms with E-state index in [0.29, 0.717) is 6.04 Å². The quantitative estimate of drug-likeness (QED) is 0.676. The van der Waals surface area contributed by atoms with Crippen molar-refractivity contribution in [3.05, 3.63) is 0 Å². The van der Waals surface area contributed by atoms with Gasteiger partial charge in [0.1, 0.15) is 0 Å². The number of fused-ring (bicyclic) bond motifs is 3. The lowest BCUT2D eigenvalue weighted by Crippen LogP contribution is -2.56. The first-order valence-electron chi connectivity index (χ1n) is 5.92. The molecule has 3 saturated heterocycles. The first kappa shape index (κ1) is 10.9.